The molecule has 2 aliphatic heterocycles. The number of carbonyl (C=O) groups is 1. The maximum Gasteiger partial charge on any atom is 0.252 e. The van der Waals surface area contributed by atoms with Crippen LogP contribution in [0.5, 0.6) is 0 Å². The molecule has 6 nitrogen and oxygen atoms in total. The lowest BCUT2D eigenvalue weighted by Gasteiger charge is -2.38. The van der Waals surface area contributed by atoms with Gasteiger partial charge in [-0.3, -0.25) is 4.79 Å². The summed E-state index contributed by atoms with van der Waals surface area (Å²) in [6.07, 6.45) is 1.93. The molecule has 0 bridgehead atoms. The van der Waals surface area contributed by atoms with Gasteiger partial charge in [0.05, 0.1) is 4.34 Å². The summed E-state index contributed by atoms with van der Waals surface area (Å²) in [6.45, 7) is 8.35. The molecule has 3 heterocycles. The third-order valence-corrected chi connectivity index (χ3v) is 10.3. The van der Waals surface area contributed by atoms with Gasteiger partial charge in [0.15, 0.2) is 0 Å². The summed E-state index contributed by atoms with van der Waals surface area (Å²) in [4.78, 5) is 17.2. The maximum absolute atomic E-state index is 12.9. The number of hydrogen-bond acceptors (Lipinski definition) is 5. The van der Waals surface area contributed by atoms with E-state index in [4.69, 9.17) is 11.6 Å². The van der Waals surface area contributed by atoms with Crippen LogP contribution in [0.1, 0.15) is 30.4 Å². The van der Waals surface area contributed by atoms with Crippen molar-refractivity contribution in [2.45, 2.75) is 37.3 Å². The van der Waals surface area contributed by atoms with Crippen LogP contribution in [0.3, 0.4) is 0 Å². The fourth-order valence-corrected chi connectivity index (χ4v) is 7.68. The number of nitrogens with zero attached hydrogens (tertiary/aromatic N) is 3. The standard InChI is InChI=1S/C23H30ClN3O3S2/c1-17-4-3-5-20(18(17)2)25-12-14-26(15-13-25)22(28)16-19-8-10-27(11-9-19)32(29,30)23-7-6-21(24)31-23/h3-7,19H,8-16H2,1-2H3. The quantitative estimate of drug-likeness (QED) is 0.625. The predicted molar refractivity (Wildman–Crippen MR) is 130 cm³/mol. The van der Waals surface area contributed by atoms with Crippen LogP contribution in [0, 0.1) is 19.8 Å². The number of carbonyl (C=O) groups excluding carboxylic acids is 1. The highest BCUT2D eigenvalue weighted by Gasteiger charge is 2.32. The SMILES string of the molecule is Cc1cccc(N2CCN(C(=O)CC3CCN(S(=O)(=O)c4ccc(Cl)s4)CC3)CC2)c1C. The first kappa shape index (κ1) is 23.5. The lowest BCUT2D eigenvalue weighted by atomic mass is 9.94. The Kier molecular flexibility index (Phi) is 7.14. The third kappa shape index (κ3) is 4.98. The minimum atomic E-state index is -3.49. The van der Waals surface area contributed by atoms with Gasteiger partial charge in [0, 0.05) is 51.4 Å². The second-order valence-corrected chi connectivity index (χ2v) is 12.6. The fourth-order valence-electron chi connectivity index (χ4n) is 4.57. The highest BCUT2D eigenvalue weighted by molar-refractivity contribution is 7.91. The van der Waals surface area contributed by atoms with E-state index >= 15 is 0 Å². The lowest BCUT2D eigenvalue weighted by molar-refractivity contribution is -0.132. The average molecular weight is 496 g/mol. The third-order valence-electron chi connectivity index (χ3n) is 6.73. The number of piperazine rings is 1. The van der Waals surface area contributed by atoms with Crippen molar-refractivity contribution in [1.29, 1.82) is 0 Å². The Hall–Kier alpha value is -1.61. The number of halogens is 1. The minimum Gasteiger partial charge on any atom is -0.368 e. The van der Waals surface area contributed by atoms with E-state index in [1.807, 2.05) is 4.90 Å². The number of anilines is 1. The van der Waals surface area contributed by atoms with Crippen LogP contribution in [-0.2, 0) is 14.8 Å². The van der Waals surface area contributed by atoms with E-state index in [0.29, 0.717) is 40.9 Å². The van der Waals surface area contributed by atoms with Crippen molar-refractivity contribution in [2.75, 3.05) is 44.2 Å². The van der Waals surface area contributed by atoms with E-state index < -0.39 is 10.0 Å². The Morgan fingerprint density at radius 3 is 2.34 bits per heavy atom. The number of thiophene rings is 1. The van der Waals surface area contributed by atoms with E-state index in [1.54, 1.807) is 12.1 Å². The minimum absolute atomic E-state index is 0.192. The van der Waals surface area contributed by atoms with Crippen molar-refractivity contribution in [2.24, 2.45) is 5.92 Å². The smallest absolute Gasteiger partial charge is 0.252 e. The van der Waals surface area contributed by atoms with Crippen LogP contribution in [-0.4, -0.2) is 62.8 Å². The summed E-state index contributed by atoms with van der Waals surface area (Å²) in [6, 6.07) is 9.56. The number of benzene rings is 1. The van der Waals surface area contributed by atoms with Crippen LogP contribution >= 0.6 is 22.9 Å². The van der Waals surface area contributed by atoms with E-state index in [0.717, 1.165) is 37.5 Å². The summed E-state index contributed by atoms with van der Waals surface area (Å²) in [5.41, 5.74) is 3.85. The van der Waals surface area contributed by atoms with Crippen molar-refractivity contribution >= 4 is 44.6 Å². The molecule has 32 heavy (non-hydrogen) atoms. The average Bonchev–Trinajstić information content (AvgIpc) is 3.23. The Morgan fingerprint density at radius 2 is 1.72 bits per heavy atom. The van der Waals surface area contributed by atoms with E-state index in [-0.39, 0.29) is 11.8 Å². The van der Waals surface area contributed by atoms with Crippen molar-refractivity contribution in [3.05, 3.63) is 45.8 Å². The summed E-state index contributed by atoms with van der Waals surface area (Å²) in [7, 11) is -3.49. The molecule has 4 rings (SSSR count). The zero-order valence-electron chi connectivity index (χ0n) is 18.6. The van der Waals surface area contributed by atoms with Gasteiger partial charge in [-0.25, -0.2) is 8.42 Å². The predicted octanol–water partition coefficient (Wildman–Crippen LogP) is 4.16. The molecule has 0 spiro atoms. The Balaban J connectivity index is 1.26. The number of sulfonamides is 1. The second kappa shape index (κ2) is 9.71. The molecular weight excluding hydrogens is 466 g/mol. The van der Waals surface area contributed by atoms with Crippen LogP contribution in [0.2, 0.25) is 4.34 Å². The maximum atomic E-state index is 12.9. The van der Waals surface area contributed by atoms with Gasteiger partial charge in [-0.1, -0.05) is 23.7 Å². The number of aryl methyl sites for hydroxylation is 1. The highest BCUT2D eigenvalue weighted by Crippen LogP contribution is 2.31. The van der Waals surface area contributed by atoms with Crippen LogP contribution in [0.15, 0.2) is 34.5 Å². The number of amides is 1. The molecule has 0 atom stereocenters. The van der Waals surface area contributed by atoms with Gasteiger partial charge >= 0.3 is 0 Å². The number of hydrogen-bond donors (Lipinski definition) is 0. The molecule has 2 fully saturated rings. The van der Waals surface area contributed by atoms with Crippen molar-refractivity contribution in [3.63, 3.8) is 0 Å². The zero-order chi connectivity index (χ0) is 22.9. The normalized spacial score (nSPS) is 18.8. The van der Waals surface area contributed by atoms with Crippen molar-refractivity contribution in [1.82, 2.24) is 9.21 Å². The van der Waals surface area contributed by atoms with E-state index in [2.05, 4.69) is 36.9 Å². The fraction of sp³-hybridized carbons (Fsp3) is 0.522. The van der Waals surface area contributed by atoms with E-state index in [9.17, 15) is 13.2 Å². The number of piperidine rings is 1. The van der Waals surface area contributed by atoms with Crippen molar-refractivity contribution in [3.8, 4) is 0 Å². The molecule has 2 saturated heterocycles. The van der Waals surface area contributed by atoms with Gasteiger partial charge in [-0.15, -0.1) is 11.3 Å². The summed E-state index contributed by atoms with van der Waals surface area (Å²) >= 11 is 7.00. The Bertz CT molecular complexity index is 1070. The lowest BCUT2D eigenvalue weighted by Crippen LogP contribution is -2.49. The van der Waals surface area contributed by atoms with E-state index in [1.165, 1.54) is 21.1 Å². The largest absolute Gasteiger partial charge is 0.368 e. The summed E-state index contributed by atoms with van der Waals surface area (Å²) < 4.78 is 27.8. The molecule has 0 N–H and O–H groups in total. The second-order valence-electron chi connectivity index (χ2n) is 8.70. The molecule has 9 heteroatoms. The first-order valence-corrected chi connectivity index (χ1v) is 13.7. The summed E-state index contributed by atoms with van der Waals surface area (Å²) in [5, 5.41) is 0. The Labute approximate surface area is 199 Å². The first-order valence-electron chi connectivity index (χ1n) is 11.1. The molecule has 0 unspecified atom stereocenters. The molecular formula is C23H30ClN3O3S2. The molecule has 0 saturated carbocycles. The van der Waals surface area contributed by atoms with Gasteiger partial charge in [0.25, 0.3) is 10.0 Å². The molecule has 2 aromatic rings. The van der Waals surface area contributed by atoms with Gasteiger partial charge in [-0.05, 0) is 61.9 Å². The monoisotopic (exact) mass is 495 g/mol. The number of rotatable bonds is 5. The van der Waals surface area contributed by atoms with Gasteiger partial charge in [-0.2, -0.15) is 4.31 Å². The van der Waals surface area contributed by atoms with Crippen LogP contribution in [0.4, 0.5) is 5.69 Å². The molecule has 2 aliphatic rings. The molecule has 1 aromatic carbocycles. The molecule has 174 valence electrons. The van der Waals surface area contributed by atoms with Gasteiger partial charge in [0.2, 0.25) is 5.91 Å². The van der Waals surface area contributed by atoms with Crippen LogP contribution < -0.4 is 4.90 Å². The van der Waals surface area contributed by atoms with Gasteiger partial charge in [0.1, 0.15) is 4.21 Å². The van der Waals surface area contributed by atoms with Gasteiger partial charge < -0.3 is 9.80 Å². The molecule has 0 aliphatic carbocycles. The summed E-state index contributed by atoms with van der Waals surface area (Å²) in [5.74, 6) is 0.426. The topological polar surface area (TPSA) is 60.9 Å². The molecule has 1 amide bonds. The van der Waals surface area contributed by atoms with Crippen molar-refractivity contribution < 1.29 is 13.2 Å². The molecule has 1 aromatic heterocycles. The van der Waals surface area contributed by atoms with Crippen LogP contribution in [0.25, 0.3) is 0 Å². The Morgan fingerprint density at radius 1 is 1.03 bits per heavy atom. The molecule has 0 radical (unpaired) electrons. The zero-order valence-corrected chi connectivity index (χ0v) is 21.0. The first-order chi connectivity index (χ1) is 15.3. The highest BCUT2D eigenvalue weighted by atomic mass is 35.5.